The second-order valence-electron chi connectivity index (χ2n) is 4.93. The van der Waals surface area contributed by atoms with E-state index in [1.54, 1.807) is 18.2 Å². The van der Waals surface area contributed by atoms with Crippen LogP contribution in [0.4, 0.5) is 0 Å². The van der Waals surface area contributed by atoms with Crippen molar-refractivity contribution in [2.75, 3.05) is 19.7 Å². The van der Waals surface area contributed by atoms with Crippen molar-refractivity contribution in [1.82, 2.24) is 4.90 Å². The maximum atomic E-state index is 11.0. The summed E-state index contributed by atoms with van der Waals surface area (Å²) in [7, 11) is 0. The van der Waals surface area contributed by atoms with Gasteiger partial charge < -0.3 is 9.84 Å². The fraction of sp³-hybridized carbons (Fsp3) is 0.533. The standard InChI is InChI=1S/C15H21NO3/c1-3-7-16(4-2)13-9-12-8-11(15(17)18)5-6-14(12)19-10-13/h5-6,8,13H,3-4,7,9-10H2,1-2H3,(H,17,18). The Balaban J connectivity index is 2.17. The summed E-state index contributed by atoms with van der Waals surface area (Å²) in [6, 6.07) is 5.46. The number of carbonyl (C=O) groups is 1. The number of aromatic carboxylic acids is 1. The Bertz CT molecular complexity index is 459. The molecule has 4 nitrogen and oxygen atoms in total. The van der Waals surface area contributed by atoms with Gasteiger partial charge in [0, 0.05) is 6.04 Å². The normalized spacial score (nSPS) is 17.9. The van der Waals surface area contributed by atoms with Crippen LogP contribution in [0.25, 0.3) is 0 Å². The van der Waals surface area contributed by atoms with Crippen LogP contribution in [0.15, 0.2) is 18.2 Å². The van der Waals surface area contributed by atoms with Crippen molar-refractivity contribution in [3.05, 3.63) is 29.3 Å². The molecule has 1 heterocycles. The predicted molar refractivity (Wildman–Crippen MR) is 73.9 cm³/mol. The molecule has 0 saturated carbocycles. The number of hydrogen-bond acceptors (Lipinski definition) is 3. The summed E-state index contributed by atoms with van der Waals surface area (Å²) in [6.45, 7) is 7.06. The maximum Gasteiger partial charge on any atom is 0.335 e. The van der Waals surface area contributed by atoms with E-state index in [-0.39, 0.29) is 0 Å². The molecule has 0 aliphatic carbocycles. The van der Waals surface area contributed by atoms with Crippen LogP contribution in [-0.4, -0.2) is 41.7 Å². The van der Waals surface area contributed by atoms with Gasteiger partial charge in [0.15, 0.2) is 0 Å². The fourth-order valence-corrected chi connectivity index (χ4v) is 2.63. The van der Waals surface area contributed by atoms with Crippen molar-refractivity contribution < 1.29 is 14.6 Å². The first-order valence-corrected chi connectivity index (χ1v) is 6.88. The molecule has 1 aliphatic heterocycles. The summed E-state index contributed by atoms with van der Waals surface area (Å²) in [6.07, 6.45) is 1.98. The van der Waals surface area contributed by atoms with Gasteiger partial charge in [0.25, 0.3) is 0 Å². The van der Waals surface area contributed by atoms with Crippen molar-refractivity contribution in [2.45, 2.75) is 32.7 Å². The highest BCUT2D eigenvalue weighted by atomic mass is 16.5. The lowest BCUT2D eigenvalue weighted by Gasteiger charge is -2.34. The smallest absolute Gasteiger partial charge is 0.335 e. The molecule has 19 heavy (non-hydrogen) atoms. The van der Waals surface area contributed by atoms with E-state index in [4.69, 9.17) is 9.84 Å². The van der Waals surface area contributed by atoms with Crippen molar-refractivity contribution in [3.63, 3.8) is 0 Å². The molecule has 2 rings (SSSR count). The zero-order valence-electron chi connectivity index (χ0n) is 11.6. The molecule has 0 saturated heterocycles. The van der Waals surface area contributed by atoms with Crippen LogP contribution < -0.4 is 4.74 Å². The summed E-state index contributed by atoms with van der Waals surface area (Å²) in [5, 5.41) is 9.04. The number of likely N-dealkylation sites (N-methyl/N-ethyl adjacent to an activating group) is 1. The first-order valence-electron chi connectivity index (χ1n) is 6.88. The van der Waals surface area contributed by atoms with Crippen LogP contribution in [0.1, 0.15) is 36.2 Å². The third-order valence-corrected chi connectivity index (χ3v) is 3.63. The molecule has 0 bridgehead atoms. The zero-order valence-corrected chi connectivity index (χ0v) is 11.6. The molecule has 4 heteroatoms. The van der Waals surface area contributed by atoms with Crippen LogP contribution in [0.3, 0.4) is 0 Å². The van der Waals surface area contributed by atoms with Crippen molar-refractivity contribution >= 4 is 5.97 Å². The molecule has 1 aromatic carbocycles. The zero-order chi connectivity index (χ0) is 13.8. The first-order chi connectivity index (χ1) is 9.15. The molecule has 0 aromatic heterocycles. The van der Waals surface area contributed by atoms with Gasteiger partial charge in [-0.1, -0.05) is 13.8 Å². The van der Waals surface area contributed by atoms with Gasteiger partial charge >= 0.3 is 5.97 Å². The summed E-state index contributed by atoms with van der Waals surface area (Å²) in [5.74, 6) is -0.0559. The largest absolute Gasteiger partial charge is 0.492 e. The van der Waals surface area contributed by atoms with Crippen LogP contribution in [-0.2, 0) is 6.42 Å². The number of fused-ring (bicyclic) bond motifs is 1. The minimum atomic E-state index is -0.883. The number of carboxylic acids is 1. The molecule has 1 aliphatic rings. The molecule has 1 N–H and O–H groups in total. The monoisotopic (exact) mass is 263 g/mol. The SMILES string of the molecule is CCCN(CC)C1COc2ccc(C(=O)O)cc2C1. The Labute approximate surface area is 114 Å². The number of rotatable bonds is 5. The number of ether oxygens (including phenoxy) is 1. The molecule has 0 amide bonds. The average Bonchev–Trinajstić information content (AvgIpc) is 2.43. The van der Waals surface area contributed by atoms with Crippen LogP contribution in [0, 0.1) is 0 Å². The van der Waals surface area contributed by atoms with Gasteiger partial charge in [-0.15, -0.1) is 0 Å². The van der Waals surface area contributed by atoms with E-state index >= 15 is 0 Å². The van der Waals surface area contributed by atoms with Crippen molar-refractivity contribution in [3.8, 4) is 5.75 Å². The topological polar surface area (TPSA) is 49.8 Å². The van der Waals surface area contributed by atoms with E-state index in [2.05, 4.69) is 18.7 Å². The van der Waals surface area contributed by atoms with Crippen LogP contribution >= 0.6 is 0 Å². The first kappa shape index (κ1) is 13.9. The van der Waals surface area contributed by atoms with Crippen molar-refractivity contribution in [1.29, 1.82) is 0 Å². The Kier molecular flexibility index (Phi) is 4.43. The minimum absolute atomic E-state index is 0.335. The summed E-state index contributed by atoms with van der Waals surface area (Å²) in [4.78, 5) is 13.4. The highest BCUT2D eigenvalue weighted by Crippen LogP contribution is 2.27. The fourth-order valence-electron chi connectivity index (χ4n) is 2.63. The molecule has 0 radical (unpaired) electrons. The van der Waals surface area contributed by atoms with Gasteiger partial charge in [-0.25, -0.2) is 4.79 Å². The maximum absolute atomic E-state index is 11.0. The minimum Gasteiger partial charge on any atom is -0.492 e. The van der Waals surface area contributed by atoms with E-state index in [0.29, 0.717) is 18.2 Å². The van der Waals surface area contributed by atoms with E-state index in [1.165, 1.54) is 0 Å². The molecule has 0 spiro atoms. The Morgan fingerprint density at radius 3 is 2.89 bits per heavy atom. The lowest BCUT2D eigenvalue weighted by atomic mass is 9.99. The van der Waals surface area contributed by atoms with Gasteiger partial charge in [0.05, 0.1) is 5.56 Å². The number of nitrogens with zero attached hydrogens (tertiary/aromatic N) is 1. The molecule has 0 fully saturated rings. The van der Waals surface area contributed by atoms with Crippen LogP contribution in [0.2, 0.25) is 0 Å². The Morgan fingerprint density at radius 2 is 2.26 bits per heavy atom. The quantitative estimate of drug-likeness (QED) is 0.886. The summed E-state index contributed by atoms with van der Waals surface area (Å²) >= 11 is 0. The van der Waals surface area contributed by atoms with Gasteiger partial charge in [-0.2, -0.15) is 0 Å². The average molecular weight is 263 g/mol. The highest BCUT2D eigenvalue weighted by molar-refractivity contribution is 5.88. The van der Waals surface area contributed by atoms with Gasteiger partial charge in [-0.05, 0) is 49.7 Å². The van der Waals surface area contributed by atoms with E-state index < -0.39 is 5.97 Å². The van der Waals surface area contributed by atoms with E-state index in [9.17, 15) is 4.79 Å². The highest BCUT2D eigenvalue weighted by Gasteiger charge is 2.24. The summed E-state index contributed by atoms with van der Waals surface area (Å²) in [5.41, 5.74) is 1.34. The van der Waals surface area contributed by atoms with Gasteiger partial charge in [0.1, 0.15) is 12.4 Å². The Morgan fingerprint density at radius 1 is 1.47 bits per heavy atom. The second-order valence-corrected chi connectivity index (χ2v) is 4.93. The Hall–Kier alpha value is -1.55. The van der Waals surface area contributed by atoms with Gasteiger partial charge in [0.2, 0.25) is 0 Å². The van der Waals surface area contributed by atoms with Crippen molar-refractivity contribution in [2.24, 2.45) is 0 Å². The number of hydrogen-bond donors (Lipinski definition) is 1. The van der Waals surface area contributed by atoms with E-state index in [0.717, 1.165) is 37.2 Å². The number of benzene rings is 1. The molecular weight excluding hydrogens is 242 g/mol. The second kappa shape index (κ2) is 6.06. The molecule has 1 unspecified atom stereocenters. The molecular formula is C15H21NO3. The number of carboxylic acid groups (broad SMARTS) is 1. The third-order valence-electron chi connectivity index (χ3n) is 3.63. The molecule has 1 atom stereocenters. The van der Waals surface area contributed by atoms with Crippen LogP contribution in [0.5, 0.6) is 5.75 Å². The summed E-state index contributed by atoms with van der Waals surface area (Å²) < 4.78 is 5.77. The molecule has 104 valence electrons. The van der Waals surface area contributed by atoms with E-state index in [1.807, 2.05) is 0 Å². The molecule has 1 aromatic rings. The lowest BCUT2D eigenvalue weighted by Crippen LogP contribution is -2.43. The lowest BCUT2D eigenvalue weighted by molar-refractivity contribution is 0.0696. The van der Waals surface area contributed by atoms with Gasteiger partial charge in [-0.3, -0.25) is 4.90 Å². The predicted octanol–water partition coefficient (Wildman–Crippen LogP) is 2.42. The third kappa shape index (κ3) is 3.07.